The van der Waals surface area contributed by atoms with Crippen molar-refractivity contribution in [3.63, 3.8) is 0 Å². The molecule has 0 unspecified atom stereocenters. The van der Waals surface area contributed by atoms with E-state index in [0.29, 0.717) is 10.4 Å². The normalized spacial score (nSPS) is 12.1. The molecular formula is C16H17Cl2F3N2O2S. The summed E-state index contributed by atoms with van der Waals surface area (Å²) in [6.45, 7) is 0.415. The van der Waals surface area contributed by atoms with E-state index < -0.39 is 21.8 Å². The summed E-state index contributed by atoms with van der Waals surface area (Å²) >= 11 is 5.78. The number of sulfonamides is 1. The lowest BCUT2D eigenvalue weighted by Gasteiger charge is -2.15. The van der Waals surface area contributed by atoms with Gasteiger partial charge in [0.05, 0.1) is 10.5 Å². The molecule has 0 fully saturated rings. The lowest BCUT2D eigenvalue weighted by Crippen LogP contribution is -2.28. The fourth-order valence-electron chi connectivity index (χ4n) is 2.22. The summed E-state index contributed by atoms with van der Waals surface area (Å²) in [6, 6.07) is 10.3. The summed E-state index contributed by atoms with van der Waals surface area (Å²) < 4.78 is 64.6. The van der Waals surface area contributed by atoms with Gasteiger partial charge in [-0.1, -0.05) is 30.3 Å². The van der Waals surface area contributed by atoms with Crippen LogP contribution in [0.2, 0.25) is 0 Å². The minimum atomic E-state index is -4.50. The number of nitrogens with zero attached hydrogens (tertiary/aromatic N) is 1. The van der Waals surface area contributed by atoms with E-state index >= 15 is 0 Å². The molecule has 0 bridgehead atoms. The molecule has 26 heavy (non-hydrogen) atoms. The molecule has 1 N–H and O–H groups in total. The predicted octanol–water partition coefficient (Wildman–Crippen LogP) is 4.16. The Bertz CT molecular complexity index is 828. The molecule has 0 aliphatic heterocycles. The first kappa shape index (κ1) is 22.7. The van der Waals surface area contributed by atoms with Gasteiger partial charge in [-0.25, -0.2) is 8.42 Å². The SMILES string of the molecule is CNCCN(Cl)S(=O)(=O)c1ccc(-c2ccccc2C(F)(F)F)cc1.Cl. The first-order valence-electron chi connectivity index (χ1n) is 7.27. The van der Waals surface area contributed by atoms with Crippen LogP contribution in [0.15, 0.2) is 53.4 Å². The molecular weight excluding hydrogens is 412 g/mol. The maximum atomic E-state index is 13.1. The van der Waals surface area contributed by atoms with E-state index in [1.54, 1.807) is 7.05 Å². The Morgan fingerprint density at radius 3 is 2.19 bits per heavy atom. The first-order valence-corrected chi connectivity index (χ1v) is 9.05. The van der Waals surface area contributed by atoms with Crippen LogP contribution < -0.4 is 5.32 Å². The van der Waals surface area contributed by atoms with Gasteiger partial charge in [-0.3, -0.25) is 0 Å². The van der Waals surface area contributed by atoms with Gasteiger partial charge in [0.1, 0.15) is 0 Å². The molecule has 0 radical (unpaired) electrons. The third-order valence-corrected chi connectivity index (χ3v) is 5.78. The van der Waals surface area contributed by atoms with Gasteiger partial charge in [-0.05, 0) is 48.2 Å². The molecule has 4 nitrogen and oxygen atoms in total. The minimum Gasteiger partial charge on any atom is -0.318 e. The van der Waals surface area contributed by atoms with Crippen LogP contribution >= 0.6 is 24.2 Å². The Morgan fingerprint density at radius 1 is 1.08 bits per heavy atom. The summed E-state index contributed by atoms with van der Waals surface area (Å²) in [5, 5.41) is 2.78. The number of hydrogen-bond donors (Lipinski definition) is 1. The fourth-order valence-corrected chi connectivity index (χ4v) is 3.59. The van der Waals surface area contributed by atoms with Crippen molar-refractivity contribution in [2.45, 2.75) is 11.1 Å². The van der Waals surface area contributed by atoms with Crippen molar-refractivity contribution in [1.29, 1.82) is 0 Å². The van der Waals surface area contributed by atoms with Gasteiger partial charge < -0.3 is 5.32 Å². The highest BCUT2D eigenvalue weighted by molar-refractivity contribution is 7.90. The van der Waals surface area contributed by atoms with Crippen molar-refractivity contribution in [3.8, 4) is 11.1 Å². The molecule has 0 heterocycles. The van der Waals surface area contributed by atoms with Crippen LogP contribution in [-0.2, 0) is 16.2 Å². The average Bonchev–Trinajstić information content (AvgIpc) is 2.59. The van der Waals surface area contributed by atoms with Crippen LogP contribution in [-0.4, -0.2) is 32.4 Å². The fraction of sp³-hybridized carbons (Fsp3) is 0.250. The van der Waals surface area contributed by atoms with Crippen LogP contribution in [0.25, 0.3) is 11.1 Å². The number of nitrogens with one attached hydrogen (secondary N) is 1. The quantitative estimate of drug-likeness (QED) is 0.702. The van der Waals surface area contributed by atoms with E-state index in [1.807, 2.05) is 0 Å². The largest absolute Gasteiger partial charge is 0.417 e. The third kappa shape index (κ3) is 5.11. The van der Waals surface area contributed by atoms with Crippen LogP contribution in [0, 0.1) is 0 Å². The summed E-state index contributed by atoms with van der Waals surface area (Å²) in [5.41, 5.74) is -0.529. The molecule has 0 saturated heterocycles. The maximum absolute atomic E-state index is 13.1. The zero-order valence-corrected chi connectivity index (χ0v) is 16.0. The number of likely N-dealkylation sites (N-methyl/N-ethyl adjacent to an activating group) is 1. The van der Waals surface area contributed by atoms with Crippen LogP contribution in [0.1, 0.15) is 5.56 Å². The Kier molecular flexibility index (Phi) is 7.91. The molecule has 2 aromatic carbocycles. The lowest BCUT2D eigenvalue weighted by molar-refractivity contribution is -0.137. The Hall–Kier alpha value is -1.32. The number of hydrogen-bond acceptors (Lipinski definition) is 3. The molecule has 0 aliphatic rings. The summed E-state index contributed by atoms with van der Waals surface area (Å²) in [5.74, 6) is 0. The van der Waals surface area contributed by atoms with Crippen LogP contribution in [0.4, 0.5) is 13.2 Å². The Balaban J connectivity index is 0.00000338. The summed E-state index contributed by atoms with van der Waals surface area (Å²) in [7, 11) is -2.26. The van der Waals surface area contributed by atoms with Crippen LogP contribution in [0.5, 0.6) is 0 Å². The van der Waals surface area contributed by atoms with Gasteiger partial charge >= 0.3 is 6.18 Å². The zero-order valence-electron chi connectivity index (χ0n) is 13.6. The van der Waals surface area contributed by atoms with E-state index in [1.165, 1.54) is 42.5 Å². The van der Waals surface area contributed by atoms with E-state index in [2.05, 4.69) is 5.32 Å². The Morgan fingerprint density at radius 2 is 1.65 bits per heavy atom. The van der Waals surface area contributed by atoms with E-state index in [4.69, 9.17) is 11.8 Å². The highest BCUT2D eigenvalue weighted by Gasteiger charge is 2.33. The number of benzene rings is 2. The first-order chi connectivity index (χ1) is 11.7. The molecule has 2 rings (SSSR count). The highest BCUT2D eigenvalue weighted by atomic mass is 35.5. The van der Waals surface area contributed by atoms with E-state index in [-0.39, 0.29) is 35.0 Å². The van der Waals surface area contributed by atoms with E-state index in [0.717, 1.165) is 6.07 Å². The second-order valence-electron chi connectivity index (χ2n) is 5.19. The second-order valence-corrected chi connectivity index (χ2v) is 7.66. The zero-order chi connectivity index (χ0) is 18.7. The van der Waals surface area contributed by atoms with Gasteiger partial charge in [0, 0.05) is 13.1 Å². The molecule has 0 atom stereocenters. The summed E-state index contributed by atoms with van der Waals surface area (Å²) in [4.78, 5) is -0.0909. The standard InChI is InChI=1S/C16H16ClF3N2O2S.ClH/c1-21-10-11-22(17)25(23,24)13-8-6-12(7-9-13)14-4-2-3-5-15(14)16(18,19)20;/h2-9,21H,10-11H2,1H3;1H. The average molecular weight is 429 g/mol. The molecule has 0 amide bonds. The van der Waals surface area contributed by atoms with Gasteiger partial charge in [-0.15, -0.1) is 16.2 Å². The molecule has 0 spiro atoms. The van der Waals surface area contributed by atoms with Crippen LogP contribution in [0.3, 0.4) is 0 Å². The van der Waals surface area contributed by atoms with Crippen molar-refractivity contribution < 1.29 is 21.6 Å². The Labute approximate surface area is 161 Å². The van der Waals surface area contributed by atoms with Crippen molar-refractivity contribution in [2.75, 3.05) is 20.1 Å². The van der Waals surface area contributed by atoms with Gasteiger partial charge in [-0.2, -0.15) is 13.2 Å². The second kappa shape index (κ2) is 9.05. The molecule has 144 valence electrons. The number of rotatable bonds is 6. The van der Waals surface area contributed by atoms with Crippen molar-refractivity contribution in [1.82, 2.24) is 9.14 Å². The topological polar surface area (TPSA) is 49.4 Å². The monoisotopic (exact) mass is 428 g/mol. The van der Waals surface area contributed by atoms with Gasteiger partial charge in [0.25, 0.3) is 10.0 Å². The maximum Gasteiger partial charge on any atom is 0.417 e. The van der Waals surface area contributed by atoms with Gasteiger partial charge in [0.15, 0.2) is 0 Å². The molecule has 0 aliphatic carbocycles. The van der Waals surface area contributed by atoms with Crippen molar-refractivity contribution in [2.24, 2.45) is 0 Å². The van der Waals surface area contributed by atoms with Crippen molar-refractivity contribution >= 4 is 34.2 Å². The molecule has 2 aromatic rings. The smallest absolute Gasteiger partial charge is 0.318 e. The van der Waals surface area contributed by atoms with Gasteiger partial charge in [0.2, 0.25) is 0 Å². The van der Waals surface area contributed by atoms with Crippen molar-refractivity contribution in [3.05, 3.63) is 54.1 Å². The number of halogens is 5. The minimum absolute atomic E-state index is 0. The molecule has 0 aromatic heterocycles. The van der Waals surface area contributed by atoms with E-state index in [9.17, 15) is 21.6 Å². The molecule has 0 saturated carbocycles. The predicted molar refractivity (Wildman–Crippen MR) is 97.8 cm³/mol. The molecule has 10 heteroatoms. The third-order valence-electron chi connectivity index (χ3n) is 3.49. The number of alkyl halides is 3. The highest BCUT2D eigenvalue weighted by Crippen LogP contribution is 2.37. The summed E-state index contributed by atoms with van der Waals surface area (Å²) in [6.07, 6.45) is -4.50. The lowest BCUT2D eigenvalue weighted by atomic mass is 9.99.